The number of aromatic nitrogens is 1. The average Bonchev–Trinajstić information content (AvgIpc) is 2.83. The van der Waals surface area contributed by atoms with Crippen LogP contribution < -0.4 is 0 Å². The van der Waals surface area contributed by atoms with Crippen molar-refractivity contribution >= 4 is 5.71 Å². The van der Waals surface area contributed by atoms with E-state index in [4.69, 9.17) is 0 Å². The zero-order valence-electron chi connectivity index (χ0n) is 10.3. The smallest absolute Gasteiger partial charge is 0.0886 e. The molecule has 0 bridgehead atoms. The van der Waals surface area contributed by atoms with Crippen LogP contribution in [0.15, 0.2) is 59.8 Å². The first kappa shape index (κ1) is 11.0. The summed E-state index contributed by atoms with van der Waals surface area (Å²) in [5.74, 6) is 0. The molecular weight excluding hydrogens is 222 g/mol. The molecule has 3 heteroatoms. The van der Waals surface area contributed by atoms with E-state index in [2.05, 4.69) is 34.4 Å². The summed E-state index contributed by atoms with van der Waals surface area (Å²) in [5, 5.41) is 6.63. The van der Waals surface area contributed by atoms with Crippen molar-refractivity contribution in [1.29, 1.82) is 0 Å². The summed E-state index contributed by atoms with van der Waals surface area (Å²) < 4.78 is 0. The van der Waals surface area contributed by atoms with Gasteiger partial charge in [-0.1, -0.05) is 36.4 Å². The third-order valence-corrected chi connectivity index (χ3v) is 3.26. The predicted molar refractivity (Wildman–Crippen MR) is 72.3 cm³/mol. The molecule has 0 N–H and O–H groups in total. The molecule has 2 aromatic rings. The van der Waals surface area contributed by atoms with E-state index in [0.717, 1.165) is 17.8 Å². The molecular formula is C15H15N3. The van der Waals surface area contributed by atoms with Crippen LogP contribution in [0.5, 0.6) is 0 Å². The molecule has 1 unspecified atom stereocenters. The first-order valence-electron chi connectivity index (χ1n) is 6.11. The zero-order valence-corrected chi connectivity index (χ0v) is 10.3. The summed E-state index contributed by atoms with van der Waals surface area (Å²) >= 11 is 0. The Labute approximate surface area is 107 Å². The number of pyridine rings is 1. The van der Waals surface area contributed by atoms with Crippen molar-refractivity contribution in [3.8, 4) is 0 Å². The van der Waals surface area contributed by atoms with Crippen LogP contribution in [0.1, 0.15) is 23.7 Å². The monoisotopic (exact) mass is 237 g/mol. The number of hydrogen-bond donors (Lipinski definition) is 0. The highest BCUT2D eigenvalue weighted by Crippen LogP contribution is 2.30. The fourth-order valence-corrected chi connectivity index (χ4v) is 2.31. The van der Waals surface area contributed by atoms with Crippen LogP contribution in [0.25, 0.3) is 0 Å². The van der Waals surface area contributed by atoms with E-state index in [-0.39, 0.29) is 0 Å². The van der Waals surface area contributed by atoms with Gasteiger partial charge in [0.25, 0.3) is 0 Å². The Morgan fingerprint density at radius 3 is 2.56 bits per heavy atom. The Bertz CT molecular complexity index is 548. The van der Waals surface area contributed by atoms with E-state index >= 15 is 0 Å². The molecule has 1 aromatic heterocycles. The highest BCUT2D eigenvalue weighted by atomic mass is 15.5. The van der Waals surface area contributed by atoms with Crippen molar-refractivity contribution in [2.24, 2.45) is 5.10 Å². The maximum absolute atomic E-state index is 4.60. The second-order valence-corrected chi connectivity index (χ2v) is 4.47. The molecule has 0 fully saturated rings. The molecule has 0 amide bonds. The van der Waals surface area contributed by atoms with Crippen LogP contribution in [-0.2, 0) is 0 Å². The number of nitrogens with zero attached hydrogens (tertiary/aromatic N) is 3. The van der Waals surface area contributed by atoms with Crippen LogP contribution in [0.3, 0.4) is 0 Å². The maximum atomic E-state index is 4.60. The van der Waals surface area contributed by atoms with E-state index in [1.165, 1.54) is 5.56 Å². The normalized spacial score (nSPS) is 18.8. The topological polar surface area (TPSA) is 28.5 Å². The minimum absolute atomic E-state index is 0.322. The number of rotatable bonds is 2. The summed E-state index contributed by atoms with van der Waals surface area (Å²) in [6.45, 7) is 0. The van der Waals surface area contributed by atoms with E-state index < -0.39 is 0 Å². The number of benzene rings is 1. The minimum Gasteiger partial charge on any atom is -0.292 e. The van der Waals surface area contributed by atoms with Crippen molar-refractivity contribution in [3.63, 3.8) is 0 Å². The van der Waals surface area contributed by atoms with Crippen LogP contribution in [-0.4, -0.2) is 22.8 Å². The highest BCUT2D eigenvalue weighted by molar-refractivity contribution is 6.00. The lowest BCUT2D eigenvalue weighted by molar-refractivity contribution is 0.290. The molecule has 1 aliphatic heterocycles. The molecule has 0 aliphatic carbocycles. The molecule has 1 aliphatic rings. The molecule has 0 saturated heterocycles. The molecule has 2 heterocycles. The average molecular weight is 237 g/mol. The molecule has 3 rings (SSSR count). The van der Waals surface area contributed by atoms with Gasteiger partial charge < -0.3 is 0 Å². The van der Waals surface area contributed by atoms with E-state index in [1.807, 2.05) is 42.5 Å². The molecule has 90 valence electrons. The quantitative estimate of drug-likeness (QED) is 0.803. The Morgan fingerprint density at radius 1 is 1.06 bits per heavy atom. The van der Waals surface area contributed by atoms with Crippen LogP contribution in [0.4, 0.5) is 0 Å². The van der Waals surface area contributed by atoms with Crippen molar-refractivity contribution in [2.75, 3.05) is 7.05 Å². The molecule has 0 radical (unpaired) electrons. The Balaban J connectivity index is 1.85. The van der Waals surface area contributed by atoms with Gasteiger partial charge in [-0.05, 0) is 17.7 Å². The van der Waals surface area contributed by atoms with Gasteiger partial charge in [0.05, 0.1) is 17.4 Å². The SMILES string of the molecule is CN1N=C(c2ccccn2)CC1c1ccccc1. The first-order chi connectivity index (χ1) is 8.84. The Hall–Kier alpha value is -2.16. The first-order valence-corrected chi connectivity index (χ1v) is 6.11. The summed E-state index contributed by atoms with van der Waals surface area (Å²) in [6, 6.07) is 16.8. The number of hydrazone groups is 1. The van der Waals surface area contributed by atoms with Crippen molar-refractivity contribution < 1.29 is 0 Å². The summed E-state index contributed by atoms with van der Waals surface area (Å²) in [4.78, 5) is 4.37. The molecule has 0 spiro atoms. The van der Waals surface area contributed by atoms with Gasteiger partial charge in [0.1, 0.15) is 0 Å². The third-order valence-electron chi connectivity index (χ3n) is 3.26. The summed E-state index contributed by atoms with van der Waals surface area (Å²) in [7, 11) is 2.02. The van der Waals surface area contributed by atoms with Crippen LogP contribution in [0.2, 0.25) is 0 Å². The molecule has 18 heavy (non-hydrogen) atoms. The van der Waals surface area contributed by atoms with Gasteiger partial charge in [-0.25, -0.2) is 0 Å². The van der Waals surface area contributed by atoms with Gasteiger partial charge >= 0.3 is 0 Å². The summed E-state index contributed by atoms with van der Waals surface area (Å²) in [5.41, 5.74) is 3.34. The molecule has 1 aromatic carbocycles. The van der Waals surface area contributed by atoms with Gasteiger partial charge in [-0.3, -0.25) is 9.99 Å². The Morgan fingerprint density at radius 2 is 1.83 bits per heavy atom. The van der Waals surface area contributed by atoms with Gasteiger partial charge in [0.15, 0.2) is 0 Å². The standard InChI is InChI=1S/C15H15N3/c1-18-15(12-7-3-2-4-8-12)11-14(17-18)13-9-5-6-10-16-13/h2-10,15H,11H2,1H3. The van der Waals surface area contributed by atoms with Gasteiger partial charge in [-0.15, -0.1) is 0 Å². The van der Waals surface area contributed by atoms with Gasteiger partial charge in [-0.2, -0.15) is 5.10 Å². The van der Waals surface area contributed by atoms with E-state index in [1.54, 1.807) is 0 Å². The lowest BCUT2D eigenvalue weighted by Crippen LogP contribution is -2.13. The second kappa shape index (κ2) is 4.61. The molecule has 3 nitrogen and oxygen atoms in total. The van der Waals surface area contributed by atoms with Crippen molar-refractivity contribution in [2.45, 2.75) is 12.5 Å². The highest BCUT2D eigenvalue weighted by Gasteiger charge is 2.26. The lowest BCUT2D eigenvalue weighted by Gasteiger charge is -2.18. The minimum atomic E-state index is 0.322. The largest absolute Gasteiger partial charge is 0.292 e. The Kier molecular flexibility index (Phi) is 2.81. The van der Waals surface area contributed by atoms with Gasteiger partial charge in [0.2, 0.25) is 0 Å². The number of hydrogen-bond acceptors (Lipinski definition) is 3. The zero-order chi connectivity index (χ0) is 12.4. The molecule has 1 atom stereocenters. The van der Waals surface area contributed by atoms with E-state index in [9.17, 15) is 0 Å². The predicted octanol–water partition coefficient (Wildman–Crippen LogP) is 2.86. The fourth-order valence-electron chi connectivity index (χ4n) is 2.31. The second-order valence-electron chi connectivity index (χ2n) is 4.47. The maximum Gasteiger partial charge on any atom is 0.0886 e. The fraction of sp³-hybridized carbons (Fsp3) is 0.200. The lowest BCUT2D eigenvalue weighted by atomic mass is 10.0. The van der Waals surface area contributed by atoms with Crippen LogP contribution >= 0.6 is 0 Å². The van der Waals surface area contributed by atoms with E-state index in [0.29, 0.717) is 6.04 Å². The van der Waals surface area contributed by atoms with Crippen molar-refractivity contribution in [1.82, 2.24) is 9.99 Å². The third kappa shape index (κ3) is 1.99. The van der Waals surface area contributed by atoms with Crippen molar-refractivity contribution in [3.05, 3.63) is 66.0 Å². The van der Waals surface area contributed by atoms with Gasteiger partial charge in [0, 0.05) is 19.7 Å². The molecule has 0 saturated carbocycles. The summed E-state index contributed by atoms with van der Waals surface area (Å²) in [6.07, 6.45) is 2.73. The van der Waals surface area contributed by atoms with Crippen LogP contribution in [0, 0.1) is 0 Å².